The number of unbranched alkanes of at least 4 members (excludes halogenated alkanes) is 6. The summed E-state index contributed by atoms with van der Waals surface area (Å²) >= 11 is 3.60. The molecule has 1 aliphatic rings. The van der Waals surface area contributed by atoms with E-state index in [9.17, 15) is 4.79 Å². The molecule has 0 spiro atoms. The van der Waals surface area contributed by atoms with Gasteiger partial charge in [-0.25, -0.2) is 0 Å². The van der Waals surface area contributed by atoms with Crippen molar-refractivity contribution in [3.63, 3.8) is 0 Å². The van der Waals surface area contributed by atoms with Crippen LogP contribution in [0, 0.1) is 0 Å². The summed E-state index contributed by atoms with van der Waals surface area (Å²) in [7, 11) is -0.475. The van der Waals surface area contributed by atoms with Gasteiger partial charge in [0.05, 0.1) is 11.2 Å². The summed E-state index contributed by atoms with van der Waals surface area (Å²) in [6.45, 7) is 14.3. The first-order valence-corrected chi connectivity index (χ1v) is 12.9. The van der Waals surface area contributed by atoms with Crippen LogP contribution < -0.4 is 5.46 Å². The number of benzene rings is 1. The smallest absolute Gasteiger partial charge is 0.399 e. The monoisotopic (exact) mass is 493 g/mol. The van der Waals surface area contributed by atoms with Crippen molar-refractivity contribution in [1.29, 1.82) is 0 Å². The summed E-state index contributed by atoms with van der Waals surface area (Å²) < 4.78 is 13.3. The summed E-state index contributed by atoms with van der Waals surface area (Å²) in [6.07, 6.45) is 9.32. The molecule has 0 N–H and O–H groups in total. The molecule has 0 unspecified atom stereocenters. The molecule has 2 rings (SSSR count). The predicted octanol–water partition coefficient (Wildman–Crippen LogP) is 6.35. The topological polar surface area (TPSA) is 38.8 Å². The molecule has 1 saturated heterocycles. The van der Waals surface area contributed by atoms with Crippen LogP contribution in [0.1, 0.15) is 103 Å². The molecule has 6 heteroatoms. The first-order valence-electron chi connectivity index (χ1n) is 12.1. The van der Waals surface area contributed by atoms with Crippen molar-refractivity contribution in [2.24, 2.45) is 0 Å². The van der Waals surface area contributed by atoms with E-state index in [1.165, 1.54) is 38.5 Å². The van der Waals surface area contributed by atoms with Crippen LogP contribution in [-0.2, 0) is 9.31 Å². The molecule has 31 heavy (non-hydrogen) atoms. The van der Waals surface area contributed by atoms with E-state index in [4.69, 9.17) is 9.31 Å². The fourth-order valence-electron chi connectivity index (χ4n) is 3.81. The van der Waals surface area contributed by atoms with Gasteiger partial charge in [-0.05, 0) is 64.2 Å². The zero-order valence-electron chi connectivity index (χ0n) is 20.4. The first kappa shape index (κ1) is 26.4. The lowest BCUT2D eigenvalue weighted by Gasteiger charge is -2.32. The van der Waals surface area contributed by atoms with Crippen LogP contribution in [0.5, 0.6) is 0 Å². The Kier molecular flexibility index (Phi) is 10.1. The van der Waals surface area contributed by atoms with Gasteiger partial charge in [0.2, 0.25) is 0 Å². The van der Waals surface area contributed by atoms with Crippen molar-refractivity contribution in [3.8, 4) is 0 Å². The van der Waals surface area contributed by atoms with Crippen LogP contribution in [0.4, 0.5) is 0 Å². The van der Waals surface area contributed by atoms with Crippen LogP contribution in [-0.4, -0.2) is 42.2 Å². The van der Waals surface area contributed by atoms with Crippen molar-refractivity contribution >= 4 is 34.4 Å². The fraction of sp³-hybridized carbons (Fsp3) is 0.720. The van der Waals surface area contributed by atoms with Gasteiger partial charge in [-0.3, -0.25) is 4.79 Å². The Morgan fingerprint density at radius 3 is 1.87 bits per heavy atom. The minimum absolute atomic E-state index is 0.104. The number of carbonyl (C=O) groups excluding carboxylic acids is 1. The van der Waals surface area contributed by atoms with E-state index >= 15 is 0 Å². The lowest BCUT2D eigenvalue weighted by Crippen LogP contribution is -2.41. The average Bonchev–Trinajstić information content (AvgIpc) is 2.93. The number of carbonyl (C=O) groups is 1. The van der Waals surface area contributed by atoms with E-state index in [0.717, 1.165) is 35.9 Å². The summed E-state index contributed by atoms with van der Waals surface area (Å²) in [5.41, 5.74) is 0.766. The second-order valence-electron chi connectivity index (χ2n) is 9.78. The predicted molar refractivity (Wildman–Crippen MR) is 134 cm³/mol. The van der Waals surface area contributed by atoms with Crippen molar-refractivity contribution in [1.82, 2.24) is 4.90 Å². The Balaban J connectivity index is 2.17. The zero-order chi connectivity index (χ0) is 23.1. The Morgan fingerprint density at radius 2 is 1.39 bits per heavy atom. The molecule has 1 fully saturated rings. The van der Waals surface area contributed by atoms with Gasteiger partial charge >= 0.3 is 7.12 Å². The third kappa shape index (κ3) is 7.33. The van der Waals surface area contributed by atoms with Crippen molar-refractivity contribution in [2.75, 3.05) is 13.1 Å². The maximum Gasteiger partial charge on any atom is 0.494 e. The molecule has 0 aromatic heterocycles. The van der Waals surface area contributed by atoms with Gasteiger partial charge in [-0.15, -0.1) is 0 Å². The summed E-state index contributed by atoms with van der Waals surface area (Å²) in [5.74, 6) is 0.104. The molecule has 1 heterocycles. The minimum Gasteiger partial charge on any atom is -0.399 e. The van der Waals surface area contributed by atoms with Crippen LogP contribution in [0.3, 0.4) is 0 Å². The van der Waals surface area contributed by atoms with E-state index < -0.39 is 18.3 Å². The highest BCUT2D eigenvalue weighted by Crippen LogP contribution is 2.36. The highest BCUT2D eigenvalue weighted by atomic mass is 79.9. The fourth-order valence-corrected chi connectivity index (χ4v) is 4.32. The molecule has 0 bridgehead atoms. The van der Waals surface area contributed by atoms with Gasteiger partial charge in [-0.2, -0.15) is 0 Å². The number of amides is 1. The van der Waals surface area contributed by atoms with Crippen LogP contribution in [0.25, 0.3) is 0 Å². The van der Waals surface area contributed by atoms with Gasteiger partial charge < -0.3 is 14.2 Å². The third-order valence-corrected chi connectivity index (χ3v) is 7.00. The first-order chi connectivity index (χ1) is 14.6. The maximum absolute atomic E-state index is 13.5. The van der Waals surface area contributed by atoms with Gasteiger partial charge in [0.15, 0.2) is 0 Å². The summed E-state index contributed by atoms with van der Waals surface area (Å²) in [5, 5.41) is 0. The van der Waals surface area contributed by atoms with Crippen molar-refractivity contribution < 1.29 is 14.1 Å². The molecule has 1 aromatic rings. The highest BCUT2D eigenvalue weighted by Gasteiger charge is 2.51. The van der Waals surface area contributed by atoms with E-state index in [1.807, 2.05) is 50.8 Å². The van der Waals surface area contributed by atoms with Crippen LogP contribution >= 0.6 is 15.9 Å². The van der Waals surface area contributed by atoms with Crippen LogP contribution in [0.15, 0.2) is 22.7 Å². The summed E-state index contributed by atoms with van der Waals surface area (Å²) in [6, 6.07) is 5.86. The molecule has 1 aliphatic heterocycles. The van der Waals surface area contributed by atoms with Crippen molar-refractivity contribution in [2.45, 2.75) is 104 Å². The molecule has 1 aromatic carbocycles. The van der Waals surface area contributed by atoms with E-state index in [-0.39, 0.29) is 5.91 Å². The maximum atomic E-state index is 13.5. The standard InChI is InChI=1S/C25H41BBrNO3/c1-7-9-11-13-15-28(16-14-12-10-8-2)23(29)20-17-21(19-22(27)18-20)26-30-24(3,4)25(5,6)31-26/h17-19H,7-16H2,1-6H3. The lowest BCUT2D eigenvalue weighted by molar-refractivity contribution is 0.00578. The second kappa shape index (κ2) is 11.9. The van der Waals surface area contributed by atoms with Gasteiger partial charge in [0, 0.05) is 23.1 Å². The third-order valence-electron chi connectivity index (χ3n) is 6.54. The normalized spacial score (nSPS) is 17.2. The number of rotatable bonds is 12. The average molecular weight is 494 g/mol. The molecular formula is C25H41BBrNO3. The Bertz CT molecular complexity index is 695. The van der Waals surface area contributed by atoms with E-state index in [2.05, 4.69) is 29.8 Å². The Hall–Kier alpha value is -0.845. The molecule has 1 amide bonds. The van der Waals surface area contributed by atoms with Gasteiger partial charge in [0.25, 0.3) is 5.91 Å². The van der Waals surface area contributed by atoms with Crippen LogP contribution in [0.2, 0.25) is 0 Å². The number of nitrogens with zero attached hydrogens (tertiary/aromatic N) is 1. The quantitative estimate of drug-likeness (QED) is 0.251. The molecule has 0 aliphatic carbocycles. The molecular weight excluding hydrogens is 453 g/mol. The highest BCUT2D eigenvalue weighted by molar-refractivity contribution is 9.10. The molecule has 174 valence electrons. The number of hydrogen-bond acceptors (Lipinski definition) is 3. The molecule has 4 nitrogen and oxygen atoms in total. The largest absolute Gasteiger partial charge is 0.494 e. The van der Waals surface area contributed by atoms with Crippen molar-refractivity contribution in [3.05, 3.63) is 28.2 Å². The SMILES string of the molecule is CCCCCCN(CCCCCC)C(=O)c1cc(Br)cc(B2OC(C)(C)C(C)(C)O2)c1. The summed E-state index contributed by atoms with van der Waals surface area (Å²) in [4.78, 5) is 15.5. The lowest BCUT2D eigenvalue weighted by atomic mass is 9.78. The second-order valence-corrected chi connectivity index (χ2v) is 10.7. The molecule has 0 radical (unpaired) electrons. The van der Waals surface area contributed by atoms with E-state index in [1.54, 1.807) is 0 Å². The Morgan fingerprint density at radius 1 is 0.871 bits per heavy atom. The zero-order valence-corrected chi connectivity index (χ0v) is 22.0. The molecule has 0 saturated carbocycles. The minimum atomic E-state index is -0.475. The Labute approximate surface area is 198 Å². The van der Waals surface area contributed by atoms with E-state index in [0.29, 0.717) is 5.56 Å². The number of halogens is 1. The number of hydrogen-bond donors (Lipinski definition) is 0. The molecule has 0 atom stereocenters. The van der Waals surface area contributed by atoms with Gasteiger partial charge in [-0.1, -0.05) is 68.3 Å². The van der Waals surface area contributed by atoms with Gasteiger partial charge in [0.1, 0.15) is 0 Å².